The molecule has 0 aliphatic heterocycles. The topological polar surface area (TPSA) is 50.4 Å². The minimum atomic E-state index is -0.280. The third-order valence-electron chi connectivity index (χ3n) is 2.89. The number of carbonyl (C=O) groups excluding carboxylic acids is 1. The van der Waals surface area contributed by atoms with E-state index in [2.05, 4.69) is 10.6 Å². The molecular formula is C17H18N2O2. The maximum atomic E-state index is 11.7. The van der Waals surface area contributed by atoms with Gasteiger partial charge in [0.25, 0.3) is 0 Å². The third-order valence-corrected chi connectivity index (χ3v) is 2.89. The average Bonchev–Trinajstić information content (AvgIpc) is 2.50. The maximum Gasteiger partial charge on any atom is 0.323 e. The molecule has 0 saturated carbocycles. The van der Waals surface area contributed by atoms with Gasteiger partial charge in [0.2, 0.25) is 0 Å². The molecular weight excluding hydrogens is 264 g/mol. The van der Waals surface area contributed by atoms with E-state index in [0.717, 1.165) is 22.6 Å². The summed E-state index contributed by atoms with van der Waals surface area (Å²) in [5.41, 5.74) is 2.86. The Hall–Kier alpha value is -2.75. The number of benzene rings is 2. The molecule has 0 heterocycles. The van der Waals surface area contributed by atoms with Gasteiger partial charge in [-0.3, -0.25) is 0 Å². The van der Waals surface area contributed by atoms with E-state index in [9.17, 15) is 4.79 Å². The van der Waals surface area contributed by atoms with Crippen LogP contribution in [0.3, 0.4) is 0 Å². The molecule has 0 aliphatic carbocycles. The lowest BCUT2D eigenvalue weighted by Gasteiger charge is -2.05. The molecule has 2 amide bonds. The lowest BCUT2D eigenvalue weighted by molar-refractivity contribution is 0.255. The summed E-state index contributed by atoms with van der Waals surface area (Å²) in [6.07, 6.45) is 3.40. The fraction of sp³-hybridized carbons (Fsp3) is 0.118. The smallest absolute Gasteiger partial charge is 0.323 e. The highest BCUT2D eigenvalue weighted by Gasteiger charge is 1.98. The fourth-order valence-electron chi connectivity index (χ4n) is 1.76. The Morgan fingerprint density at radius 3 is 2.62 bits per heavy atom. The van der Waals surface area contributed by atoms with Crippen molar-refractivity contribution in [3.05, 3.63) is 65.9 Å². The summed E-state index contributed by atoms with van der Waals surface area (Å²) in [6, 6.07) is 14.9. The lowest BCUT2D eigenvalue weighted by atomic mass is 10.2. The number of hydrogen-bond donors (Lipinski definition) is 2. The number of urea groups is 1. The zero-order valence-corrected chi connectivity index (χ0v) is 12.1. The molecule has 0 unspecified atom stereocenters. The molecule has 0 aromatic heterocycles. The summed E-state index contributed by atoms with van der Waals surface area (Å²) in [7, 11) is 1.62. The van der Waals surface area contributed by atoms with Crippen LogP contribution in [-0.2, 0) is 0 Å². The standard InChI is InChI=1S/C17H18N2O2/c1-13-6-8-15(9-7-13)19-17(20)18-11-10-14-4-3-5-16(12-14)21-2/h3-12H,1-2H3,(H2,18,19,20)/b11-10+. The van der Waals surface area contributed by atoms with Gasteiger partial charge in [0, 0.05) is 11.9 Å². The van der Waals surface area contributed by atoms with E-state index in [4.69, 9.17) is 4.74 Å². The van der Waals surface area contributed by atoms with Gasteiger partial charge in [-0.2, -0.15) is 0 Å². The molecule has 2 N–H and O–H groups in total. The molecule has 2 aromatic carbocycles. The largest absolute Gasteiger partial charge is 0.497 e. The number of nitrogens with one attached hydrogen (secondary N) is 2. The van der Waals surface area contributed by atoms with Crippen LogP contribution in [-0.4, -0.2) is 13.1 Å². The van der Waals surface area contributed by atoms with Crippen LogP contribution in [0, 0.1) is 6.92 Å². The second-order valence-corrected chi connectivity index (χ2v) is 4.57. The first-order chi connectivity index (χ1) is 10.2. The van der Waals surface area contributed by atoms with Crippen molar-refractivity contribution in [3.63, 3.8) is 0 Å². The Labute approximate surface area is 124 Å². The van der Waals surface area contributed by atoms with Crippen molar-refractivity contribution >= 4 is 17.8 Å². The number of hydrogen-bond acceptors (Lipinski definition) is 2. The average molecular weight is 282 g/mol. The van der Waals surface area contributed by atoms with Crippen LogP contribution in [0.5, 0.6) is 5.75 Å². The van der Waals surface area contributed by atoms with Gasteiger partial charge in [-0.15, -0.1) is 0 Å². The van der Waals surface area contributed by atoms with Crippen LogP contribution in [0.1, 0.15) is 11.1 Å². The molecule has 0 bridgehead atoms. The summed E-state index contributed by atoms with van der Waals surface area (Å²) in [6.45, 7) is 2.00. The van der Waals surface area contributed by atoms with E-state index < -0.39 is 0 Å². The highest BCUT2D eigenvalue weighted by molar-refractivity contribution is 5.90. The Balaban J connectivity index is 1.88. The zero-order valence-electron chi connectivity index (χ0n) is 12.1. The van der Waals surface area contributed by atoms with E-state index in [1.807, 2.05) is 55.5 Å². The number of methoxy groups -OCH3 is 1. The molecule has 0 aliphatic rings. The Kier molecular flexibility index (Phi) is 4.99. The molecule has 4 nitrogen and oxygen atoms in total. The van der Waals surface area contributed by atoms with Gasteiger partial charge >= 0.3 is 6.03 Å². The first-order valence-electron chi connectivity index (χ1n) is 6.62. The maximum absolute atomic E-state index is 11.7. The minimum Gasteiger partial charge on any atom is -0.497 e. The van der Waals surface area contributed by atoms with Gasteiger partial charge in [0.05, 0.1) is 7.11 Å². The van der Waals surface area contributed by atoms with Gasteiger partial charge in [0.1, 0.15) is 5.75 Å². The van der Waals surface area contributed by atoms with Crippen LogP contribution >= 0.6 is 0 Å². The number of anilines is 1. The molecule has 0 saturated heterocycles. The van der Waals surface area contributed by atoms with Crippen molar-refractivity contribution < 1.29 is 9.53 Å². The van der Waals surface area contributed by atoms with E-state index in [-0.39, 0.29) is 6.03 Å². The van der Waals surface area contributed by atoms with Crippen LogP contribution in [0.25, 0.3) is 6.08 Å². The normalized spacial score (nSPS) is 10.4. The molecule has 108 valence electrons. The third kappa shape index (κ3) is 4.69. The predicted octanol–water partition coefficient (Wildman–Crippen LogP) is 3.80. The minimum absolute atomic E-state index is 0.280. The molecule has 2 rings (SSSR count). The second kappa shape index (κ2) is 7.14. The summed E-state index contributed by atoms with van der Waals surface area (Å²) >= 11 is 0. The molecule has 0 fully saturated rings. The van der Waals surface area contributed by atoms with Crippen molar-refractivity contribution in [2.24, 2.45) is 0 Å². The molecule has 0 atom stereocenters. The summed E-state index contributed by atoms with van der Waals surface area (Å²) in [5.74, 6) is 0.779. The van der Waals surface area contributed by atoms with Gasteiger partial charge < -0.3 is 15.4 Å². The summed E-state index contributed by atoms with van der Waals surface area (Å²) in [5, 5.41) is 5.41. The Morgan fingerprint density at radius 1 is 1.14 bits per heavy atom. The van der Waals surface area contributed by atoms with Crippen molar-refractivity contribution in [1.29, 1.82) is 0 Å². The Morgan fingerprint density at radius 2 is 1.90 bits per heavy atom. The zero-order chi connectivity index (χ0) is 15.1. The lowest BCUT2D eigenvalue weighted by Crippen LogP contribution is -2.23. The van der Waals surface area contributed by atoms with Crippen molar-refractivity contribution in [3.8, 4) is 5.75 Å². The molecule has 4 heteroatoms. The van der Waals surface area contributed by atoms with Crippen LogP contribution < -0.4 is 15.4 Å². The van der Waals surface area contributed by atoms with E-state index in [0.29, 0.717) is 0 Å². The number of ether oxygens (including phenoxy) is 1. The van der Waals surface area contributed by atoms with E-state index in [1.165, 1.54) is 0 Å². The highest BCUT2D eigenvalue weighted by Crippen LogP contribution is 2.13. The van der Waals surface area contributed by atoms with Crippen LogP contribution in [0.2, 0.25) is 0 Å². The van der Waals surface area contributed by atoms with Crippen molar-refractivity contribution in [2.45, 2.75) is 6.92 Å². The monoisotopic (exact) mass is 282 g/mol. The highest BCUT2D eigenvalue weighted by atomic mass is 16.5. The summed E-state index contributed by atoms with van der Waals surface area (Å²) in [4.78, 5) is 11.7. The van der Waals surface area contributed by atoms with Crippen molar-refractivity contribution in [2.75, 3.05) is 12.4 Å². The fourth-order valence-corrected chi connectivity index (χ4v) is 1.76. The van der Waals surface area contributed by atoms with E-state index >= 15 is 0 Å². The van der Waals surface area contributed by atoms with Crippen LogP contribution in [0.4, 0.5) is 10.5 Å². The van der Waals surface area contributed by atoms with Crippen LogP contribution in [0.15, 0.2) is 54.7 Å². The number of amides is 2. The molecule has 0 spiro atoms. The quantitative estimate of drug-likeness (QED) is 0.896. The first kappa shape index (κ1) is 14.7. The Bertz CT molecular complexity index is 633. The number of aryl methyl sites for hydroxylation is 1. The summed E-state index contributed by atoms with van der Waals surface area (Å²) < 4.78 is 5.14. The van der Waals surface area contributed by atoms with Gasteiger partial charge in [-0.05, 0) is 42.8 Å². The predicted molar refractivity (Wildman–Crippen MR) is 85.4 cm³/mol. The SMILES string of the molecule is COc1cccc(/C=C/NC(=O)Nc2ccc(C)cc2)c1. The van der Waals surface area contributed by atoms with Gasteiger partial charge in [0.15, 0.2) is 0 Å². The molecule has 0 radical (unpaired) electrons. The van der Waals surface area contributed by atoms with E-state index in [1.54, 1.807) is 19.4 Å². The van der Waals surface area contributed by atoms with Crippen molar-refractivity contribution in [1.82, 2.24) is 5.32 Å². The number of rotatable bonds is 4. The molecule has 2 aromatic rings. The van der Waals surface area contributed by atoms with Gasteiger partial charge in [-0.1, -0.05) is 29.8 Å². The van der Waals surface area contributed by atoms with Gasteiger partial charge in [-0.25, -0.2) is 4.79 Å². The first-order valence-corrected chi connectivity index (χ1v) is 6.62. The number of carbonyl (C=O) groups is 1. The molecule has 21 heavy (non-hydrogen) atoms. The second-order valence-electron chi connectivity index (χ2n) is 4.57.